The van der Waals surface area contributed by atoms with Gasteiger partial charge >= 0.3 is 0 Å². The summed E-state index contributed by atoms with van der Waals surface area (Å²) >= 11 is 5.86. The second-order valence-corrected chi connectivity index (χ2v) is 8.93. The second kappa shape index (κ2) is 9.27. The van der Waals surface area contributed by atoms with Gasteiger partial charge in [0.2, 0.25) is 27.6 Å². The van der Waals surface area contributed by atoms with E-state index in [0.717, 1.165) is 28.1 Å². The van der Waals surface area contributed by atoms with Gasteiger partial charge < -0.3 is 9.84 Å². The fourth-order valence-electron chi connectivity index (χ4n) is 2.70. The Kier molecular flexibility index (Phi) is 6.73. The number of carbonyl (C=O) groups excluding carboxylic acids is 1. The highest BCUT2D eigenvalue weighted by atomic mass is 35.5. The molecule has 0 saturated heterocycles. The molecule has 2 aromatic carbocycles. The number of anilines is 1. The van der Waals surface area contributed by atoms with Crippen molar-refractivity contribution in [3.8, 4) is 11.4 Å². The van der Waals surface area contributed by atoms with Gasteiger partial charge in [0.15, 0.2) is 0 Å². The van der Waals surface area contributed by atoms with Gasteiger partial charge in [-0.05, 0) is 48.4 Å². The van der Waals surface area contributed by atoms with Crippen molar-refractivity contribution in [2.24, 2.45) is 0 Å². The zero-order chi connectivity index (χ0) is 21.7. The minimum atomic E-state index is -3.64. The lowest BCUT2D eigenvalue weighted by molar-refractivity contribution is -0.119. The van der Waals surface area contributed by atoms with Gasteiger partial charge in [0.25, 0.3) is 0 Å². The molecule has 10 heteroatoms. The molecule has 158 valence electrons. The van der Waals surface area contributed by atoms with Crippen molar-refractivity contribution in [1.82, 2.24) is 15.5 Å². The van der Waals surface area contributed by atoms with Crippen molar-refractivity contribution in [1.29, 1.82) is 0 Å². The summed E-state index contributed by atoms with van der Waals surface area (Å²) in [6, 6.07) is 14.0. The van der Waals surface area contributed by atoms with Gasteiger partial charge in [0.05, 0.1) is 18.5 Å². The Morgan fingerprint density at radius 3 is 2.40 bits per heavy atom. The first-order valence-electron chi connectivity index (χ1n) is 9.18. The van der Waals surface area contributed by atoms with Gasteiger partial charge in [-0.3, -0.25) is 9.10 Å². The van der Waals surface area contributed by atoms with Gasteiger partial charge in [-0.1, -0.05) is 35.8 Å². The Hall–Kier alpha value is -2.91. The fourth-order valence-corrected chi connectivity index (χ4v) is 3.68. The fraction of sp³-hybridized carbons (Fsp3) is 0.250. The number of aryl methyl sites for hydroxylation is 1. The summed E-state index contributed by atoms with van der Waals surface area (Å²) in [5.41, 5.74) is 2.22. The standard InChI is InChI=1S/C20H21ClN4O4S/c1-3-14-4-10-17(11-5-14)25(30(2,27)28)13-18(26)22-12-19-23-20(24-29-19)15-6-8-16(21)9-7-15/h4-11H,3,12-13H2,1-2H3,(H,22,26). The molecule has 1 aromatic heterocycles. The summed E-state index contributed by atoms with van der Waals surface area (Å²) in [5.74, 6) is 0.0717. The van der Waals surface area contributed by atoms with Crippen LogP contribution < -0.4 is 9.62 Å². The number of nitrogens with zero attached hydrogens (tertiary/aromatic N) is 3. The molecule has 0 bridgehead atoms. The lowest BCUT2D eigenvalue weighted by Crippen LogP contribution is -2.40. The summed E-state index contributed by atoms with van der Waals surface area (Å²) < 4.78 is 30.5. The minimum Gasteiger partial charge on any atom is -0.345 e. The number of hydrogen-bond donors (Lipinski definition) is 1. The molecular formula is C20H21ClN4O4S. The van der Waals surface area contributed by atoms with E-state index in [1.807, 2.05) is 19.1 Å². The van der Waals surface area contributed by atoms with Crippen LogP contribution in [0.4, 0.5) is 5.69 Å². The summed E-state index contributed by atoms with van der Waals surface area (Å²) in [4.78, 5) is 16.6. The Labute approximate surface area is 179 Å². The number of amides is 1. The van der Waals surface area contributed by atoms with Crippen LogP contribution in [0.25, 0.3) is 11.4 Å². The molecule has 0 fully saturated rings. The number of rotatable bonds is 8. The topological polar surface area (TPSA) is 105 Å². The first-order valence-corrected chi connectivity index (χ1v) is 11.4. The van der Waals surface area contributed by atoms with Crippen LogP contribution in [0.3, 0.4) is 0 Å². The molecule has 3 rings (SSSR count). The third-order valence-corrected chi connectivity index (χ3v) is 5.72. The van der Waals surface area contributed by atoms with Crippen LogP contribution in [0.1, 0.15) is 18.4 Å². The van der Waals surface area contributed by atoms with Gasteiger partial charge in [0, 0.05) is 10.6 Å². The van der Waals surface area contributed by atoms with E-state index >= 15 is 0 Å². The number of nitrogens with one attached hydrogen (secondary N) is 1. The zero-order valence-electron chi connectivity index (χ0n) is 16.5. The Bertz CT molecular complexity index is 1110. The maximum atomic E-state index is 12.4. The molecular weight excluding hydrogens is 428 g/mol. The highest BCUT2D eigenvalue weighted by Gasteiger charge is 2.21. The average molecular weight is 449 g/mol. The predicted molar refractivity (Wildman–Crippen MR) is 115 cm³/mol. The molecule has 0 spiro atoms. The predicted octanol–water partition coefficient (Wildman–Crippen LogP) is 3.03. The van der Waals surface area contributed by atoms with Crippen molar-refractivity contribution >= 4 is 33.2 Å². The molecule has 1 amide bonds. The summed E-state index contributed by atoms with van der Waals surface area (Å²) in [7, 11) is -3.64. The van der Waals surface area contributed by atoms with E-state index in [1.165, 1.54) is 0 Å². The maximum absolute atomic E-state index is 12.4. The SMILES string of the molecule is CCc1ccc(N(CC(=O)NCc2nc(-c3ccc(Cl)cc3)no2)S(C)(=O)=O)cc1. The van der Waals surface area contributed by atoms with Crippen LogP contribution >= 0.6 is 11.6 Å². The molecule has 3 aromatic rings. The van der Waals surface area contributed by atoms with Crippen molar-refractivity contribution < 1.29 is 17.7 Å². The molecule has 30 heavy (non-hydrogen) atoms. The molecule has 1 N–H and O–H groups in total. The summed E-state index contributed by atoms with van der Waals surface area (Å²) in [5, 5.41) is 7.07. The van der Waals surface area contributed by atoms with E-state index in [2.05, 4.69) is 15.5 Å². The lowest BCUT2D eigenvalue weighted by Gasteiger charge is -2.22. The van der Waals surface area contributed by atoms with Crippen molar-refractivity contribution in [2.45, 2.75) is 19.9 Å². The van der Waals surface area contributed by atoms with Gasteiger partial charge in [-0.2, -0.15) is 4.98 Å². The Balaban J connectivity index is 1.64. The van der Waals surface area contributed by atoms with Crippen LogP contribution in [0, 0.1) is 0 Å². The van der Waals surface area contributed by atoms with E-state index < -0.39 is 15.9 Å². The van der Waals surface area contributed by atoms with Crippen molar-refractivity contribution in [2.75, 3.05) is 17.1 Å². The summed E-state index contributed by atoms with van der Waals surface area (Å²) in [6.45, 7) is 1.63. The number of hydrogen-bond acceptors (Lipinski definition) is 6. The maximum Gasteiger partial charge on any atom is 0.246 e. The zero-order valence-corrected chi connectivity index (χ0v) is 18.1. The number of halogens is 1. The molecule has 0 radical (unpaired) electrons. The van der Waals surface area contributed by atoms with Gasteiger partial charge in [-0.25, -0.2) is 8.42 Å². The molecule has 0 saturated carbocycles. The van der Waals surface area contributed by atoms with Gasteiger partial charge in [0.1, 0.15) is 6.54 Å². The number of sulfonamides is 1. The molecule has 0 unspecified atom stereocenters. The number of benzene rings is 2. The highest BCUT2D eigenvalue weighted by molar-refractivity contribution is 7.92. The van der Waals surface area contributed by atoms with Crippen molar-refractivity contribution in [3.05, 3.63) is 65.0 Å². The van der Waals surface area contributed by atoms with Crippen LogP contribution in [0.2, 0.25) is 5.02 Å². The third kappa shape index (κ3) is 5.58. The van der Waals surface area contributed by atoms with Crippen LogP contribution in [0.15, 0.2) is 53.1 Å². The summed E-state index contributed by atoms with van der Waals surface area (Å²) in [6.07, 6.45) is 1.90. The van der Waals surface area contributed by atoms with Crippen molar-refractivity contribution in [3.63, 3.8) is 0 Å². The first-order chi connectivity index (χ1) is 14.3. The van der Waals surface area contributed by atoms with Crippen LogP contribution in [-0.2, 0) is 27.8 Å². The molecule has 1 heterocycles. The quantitative estimate of drug-likeness (QED) is 0.567. The van der Waals surface area contributed by atoms with E-state index in [9.17, 15) is 13.2 Å². The number of carbonyl (C=O) groups is 1. The van der Waals surface area contributed by atoms with E-state index in [0.29, 0.717) is 16.5 Å². The smallest absolute Gasteiger partial charge is 0.246 e. The molecule has 0 aliphatic heterocycles. The Morgan fingerprint density at radius 1 is 1.13 bits per heavy atom. The van der Waals surface area contributed by atoms with E-state index in [4.69, 9.17) is 16.1 Å². The second-order valence-electron chi connectivity index (χ2n) is 6.58. The highest BCUT2D eigenvalue weighted by Crippen LogP contribution is 2.20. The van der Waals surface area contributed by atoms with Crippen LogP contribution in [0.5, 0.6) is 0 Å². The average Bonchev–Trinajstić information content (AvgIpc) is 3.19. The van der Waals surface area contributed by atoms with Crippen LogP contribution in [-0.4, -0.2) is 37.3 Å². The van der Waals surface area contributed by atoms with Gasteiger partial charge in [-0.15, -0.1) is 0 Å². The largest absolute Gasteiger partial charge is 0.345 e. The Morgan fingerprint density at radius 2 is 1.80 bits per heavy atom. The van der Waals surface area contributed by atoms with E-state index in [-0.39, 0.29) is 19.0 Å². The molecule has 8 nitrogen and oxygen atoms in total. The normalized spacial score (nSPS) is 11.3. The lowest BCUT2D eigenvalue weighted by atomic mass is 10.1. The molecule has 0 aliphatic carbocycles. The monoisotopic (exact) mass is 448 g/mol. The molecule has 0 aliphatic rings. The van der Waals surface area contributed by atoms with E-state index in [1.54, 1.807) is 36.4 Å². The first kappa shape index (κ1) is 21.8. The number of aromatic nitrogens is 2. The third-order valence-electron chi connectivity index (χ3n) is 4.33. The molecule has 0 atom stereocenters. The minimum absolute atomic E-state index is 0.0220.